The Morgan fingerprint density at radius 1 is 1.35 bits per heavy atom. The number of carbonyl (C=O) groups is 1. The summed E-state index contributed by atoms with van der Waals surface area (Å²) >= 11 is 5.37. The first-order chi connectivity index (χ1) is 9.81. The van der Waals surface area contributed by atoms with E-state index < -0.39 is 0 Å². The third-order valence-electron chi connectivity index (χ3n) is 4.70. The average molecular weight is 356 g/mol. The van der Waals surface area contributed by atoms with Crippen molar-refractivity contribution in [3.8, 4) is 0 Å². The van der Waals surface area contributed by atoms with Gasteiger partial charge in [-0.1, -0.05) is 15.9 Å². The lowest BCUT2D eigenvalue weighted by molar-refractivity contribution is -0.136. The van der Waals surface area contributed by atoms with Gasteiger partial charge >= 0.3 is 0 Å². The summed E-state index contributed by atoms with van der Waals surface area (Å²) < 4.78 is 0. The number of rotatable bonds is 3. The van der Waals surface area contributed by atoms with Gasteiger partial charge in [-0.2, -0.15) is 0 Å². The summed E-state index contributed by atoms with van der Waals surface area (Å²) in [6, 6.07) is 2.64. The molecule has 20 heavy (non-hydrogen) atoms. The van der Waals surface area contributed by atoms with E-state index in [-0.39, 0.29) is 5.92 Å². The van der Waals surface area contributed by atoms with Crippen LogP contribution in [0.15, 0.2) is 11.4 Å². The van der Waals surface area contributed by atoms with Gasteiger partial charge in [0.05, 0.1) is 5.92 Å². The number of thiophene rings is 1. The number of amides is 1. The Labute approximate surface area is 133 Å². The fraction of sp³-hybridized carbons (Fsp3) is 0.688. The van der Waals surface area contributed by atoms with E-state index in [2.05, 4.69) is 32.3 Å². The lowest BCUT2D eigenvalue weighted by Gasteiger charge is -2.38. The predicted octanol–water partition coefficient (Wildman–Crippen LogP) is 4.33. The van der Waals surface area contributed by atoms with Crippen molar-refractivity contribution in [3.05, 3.63) is 21.9 Å². The number of likely N-dealkylation sites (tertiary alicyclic amines) is 1. The largest absolute Gasteiger partial charge is 0.339 e. The molecule has 1 aromatic heterocycles. The molecule has 110 valence electrons. The van der Waals surface area contributed by atoms with Crippen LogP contribution in [-0.2, 0) is 11.2 Å². The molecule has 2 atom stereocenters. The zero-order valence-corrected chi connectivity index (χ0v) is 14.2. The number of nitrogens with zero attached hydrogens (tertiary/aromatic N) is 1. The molecule has 0 saturated carbocycles. The highest BCUT2D eigenvalue weighted by atomic mass is 79.9. The first-order valence-electron chi connectivity index (χ1n) is 7.74. The molecular formula is C16H22BrNOS. The predicted molar refractivity (Wildman–Crippen MR) is 87.8 cm³/mol. The lowest BCUT2D eigenvalue weighted by Crippen LogP contribution is -2.46. The summed E-state index contributed by atoms with van der Waals surface area (Å²) in [5.41, 5.74) is 1.33. The van der Waals surface area contributed by atoms with Crippen LogP contribution in [0, 0.1) is 0 Å². The topological polar surface area (TPSA) is 20.3 Å². The van der Waals surface area contributed by atoms with Crippen molar-refractivity contribution in [3.63, 3.8) is 0 Å². The Balaban J connectivity index is 1.78. The molecule has 1 amide bonds. The minimum atomic E-state index is 0.140. The van der Waals surface area contributed by atoms with Gasteiger partial charge in [0.1, 0.15) is 0 Å². The van der Waals surface area contributed by atoms with E-state index in [9.17, 15) is 4.79 Å². The normalized spacial score (nSPS) is 26.4. The molecule has 2 aliphatic rings. The Kier molecular flexibility index (Phi) is 4.82. The van der Waals surface area contributed by atoms with E-state index in [0.29, 0.717) is 11.9 Å². The van der Waals surface area contributed by atoms with Gasteiger partial charge in [-0.05, 0) is 62.0 Å². The van der Waals surface area contributed by atoms with Crippen molar-refractivity contribution in [2.75, 3.05) is 11.9 Å². The SMILES string of the molecule is O=C(C1CCCc2sccc21)N1CCCCC1CCBr. The molecule has 1 fully saturated rings. The average Bonchev–Trinajstić information content (AvgIpc) is 2.96. The summed E-state index contributed by atoms with van der Waals surface area (Å²) in [7, 11) is 0. The summed E-state index contributed by atoms with van der Waals surface area (Å²) in [6.45, 7) is 0.965. The van der Waals surface area contributed by atoms with Crippen LogP contribution in [0.5, 0.6) is 0 Å². The van der Waals surface area contributed by atoms with Crippen LogP contribution in [0.1, 0.15) is 54.9 Å². The molecule has 0 radical (unpaired) electrons. The number of hydrogen-bond acceptors (Lipinski definition) is 2. The fourth-order valence-corrected chi connectivity index (χ4v) is 5.18. The number of hydrogen-bond donors (Lipinski definition) is 0. The second-order valence-corrected chi connectivity index (χ2v) is 7.70. The molecule has 2 unspecified atom stereocenters. The highest BCUT2D eigenvalue weighted by Crippen LogP contribution is 2.37. The molecule has 1 saturated heterocycles. The van der Waals surface area contributed by atoms with Gasteiger partial charge in [-0.25, -0.2) is 0 Å². The summed E-state index contributed by atoms with van der Waals surface area (Å²) in [5, 5.41) is 3.15. The van der Waals surface area contributed by atoms with Crippen LogP contribution in [0.2, 0.25) is 0 Å². The van der Waals surface area contributed by atoms with Crippen LogP contribution in [0.3, 0.4) is 0 Å². The van der Waals surface area contributed by atoms with Gasteiger partial charge in [0.25, 0.3) is 0 Å². The van der Waals surface area contributed by atoms with Crippen LogP contribution >= 0.6 is 27.3 Å². The van der Waals surface area contributed by atoms with Crippen molar-refractivity contribution in [1.82, 2.24) is 4.90 Å². The molecule has 0 spiro atoms. The maximum atomic E-state index is 13.0. The third kappa shape index (κ3) is 2.82. The molecular weight excluding hydrogens is 334 g/mol. The Morgan fingerprint density at radius 2 is 2.25 bits per heavy atom. The summed E-state index contributed by atoms with van der Waals surface area (Å²) in [4.78, 5) is 16.7. The molecule has 2 nitrogen and oxygen atoms in total. The number of aryl methyl sites for hydroxylation is 1. The van der Waals surface area contributed by atoms with Crippen molar-refractivity contribution >= 4 is 33.2 Å². The van der Waals surface area contributed by atoms with E-state index in [1.807, 2.05) is 11.3 Å². The van der Waals surface area contributed by atoms with Crippen LogP contribution in [0.25, 0.3) is 0 Å². The quantitative estimate of drug-likeness (QED) is 0.738. The Hall–Kier alpha value is -0.350. The van der Waals surface area contributed by atoms with Gasteiger partial charge in [-0.3, -0.25) is 4.79 Å². The fourth-order valence-electron chi connectivity index (χ4n) is 3.66. The second kappa shape index (κ2) is 6.61. The first kappa shape index (κ1) is 14.6. The van der Waals surface area contributed by atoms with Gasteiger partial charge in [-0.15, -0.1) is 11.3 Å². The third-order valence-corrected chi connectivity index (χ3v) is 6.16. The van der Waals surface area contributed by atoms with Crippen LogP contribution in [0.4, 0.5) is 0 Å². The monoisotopic (exact) mass is 355 g/mol. The molecule has 0 N–H and O–H groups in total. The highest BCUT2D eigenvalue weighted by molar-refractivity contribution is 9.09. The molecule has 1 aliphatic carbocycles. The first-order valence-corrected chi connectivity index (χ1v) is 9.74. The standard InChI is InChI=1S/C16H22BrNOS/c17-9-7-12-4-1-2-10-18(12)16(19)14-5-3-6-15-13(14)8-11-20-15/h8,11-12,14H,1-7,9-10H2. The van der Waals surface area contributed by atoms with Crippen molar-refractivity contribution in [2.45, 2.75) is 56.9 Å². The molecule has 1 aliphatic heterocycles. The number of alkyl halides is 1. The number of fused-ring (bicyclic) bond motifs is 1. The summed E-state index contributed by atoms with van der Waals surface area (Å²) in [6.07, 6.45) is 8.10. The number of carbonyl (C=O) groups excluding carboxylic acids is 1. The van der Waals surface area contributed by atoms with Crippen LogP contribution in [-0.4, -0.2) is 28.7 Å². The van der Waals surface area contributed by atoms with E-state index in [1.165, 1.54) is 42.5 Å². The maximum absolute atomic E-state index is 13.0. The maximum Gasteiger partial charge on any atom is 0.230 e. The van der Waals surface area contributed by atoms with Gasteiger partial charge in [0.15, 0.2) is 0 Å². The molecule has 0 bridgehead atoms. The minimum absolute atomic E-state index is 0.140. The van der Waals surface area contributed by atoms with Crippen molar-refractivity contribution in [1.29, 1.82) is 0 Å². The molecule has 2 heterocycles. The number of halogens is 1. The molecule has 0 aromatic carbocycles. The molecule has 3 rings (SSSR count). The Morgan fingerprint density at radius 3 is 3.10 bits per heavy atom. The van der Waals surface area contributed by atoms with Gasteiger partial charge in [0.2, 0.25) is 5.91 Å². The number of piperidine rings is 1. The van der Waals surface area contributed by atoms with E-state index in [1.54, 1.807) is 0 Å². The lowest BCUT2D eigenvalue weighted by atomic mass is 9.85. The van der Waals surface area contributed by atoms with Gasteiger partial charge < -0.3 is 4.90 Å². The van der Waals surface area contributed by atoms with E-state index in [0.717, 1.165) is 24.7 Å². The zero-order chi connectivity index (χ0) is 13.9. The highest BCUT2D eigenvalue weighted by Gasteiger charge is 2.34. The smallest absolute Gasteiger partial charge is 0.230 e. The second-order valence-electron chi connectivity index (χ2n) is 5.90. The van der Waals surface area contributed by atoms with Gasteiger partial charge in [0, 0.05) is 22.8 Å². The van der Waals surface area contributed by atoms with Crippen LogP contribution < -0.4 is 0 Å². The van der Waals surface area contributed by atoms with E-state index in [4.69, 9.17) is 0 Å². The minimum Gasteiger partial charge on any atom is -0.339 e. The van der Waals surface area contributed by atoms with Crippen molar-refractivity contribution in [2.24, 2.45) is 0 Å². The van der Waals surface area contributed by atoms with Crippen molar-refractivity contribution < 1.29 is 4.79 Å². The Bertz CT molecular complexity index is 471. The molecule has 4 heteroatoms. The molecule has 1 aromatic rings. The summed E-state index contributed by atoms with van der Waals surface area (Å²) in [5.74, 6) is 0.538. The zero-order valence-electron chi connectivity index (χ0n) is 11.8. The van der Waals surface area contributed by atoms with E-state index >= 15 is 0 Å².